The van der Waals surface area contributed by atoms with Crippen molar-refractivity contribution in [1.82, 2.24) is 0 Å². The van der Waals surface area contributed by atoms with Gasteiger partial charge >= 0.3 is 0 Å². The molecule has 0 bridgehead atoms. The Morgan fingerprint density at radius 2 is 1.79 bits per heavy atom. The molecule has 0 spiro atoms. The van der Waals surface area contributed by atoms with Gasteiger partial charge in [0.2, 0.25) is 0 Å². The summed E-state index contributed by atoms with van der Waals surface area (Å²) in [5, 5.41) is 12.6. The van der Waals surface area contributed by atoms with Gasteiger partial charge in [-0.05, 0) is 22.8 Å². The fourth-order valence-corrected chi connectivity index (χ4v) is 2.57. The first-order valence-electron chi connectivity index (χ1n) is 6.71. The largest absolute Gasteiger partial charge is 0.393 e. The highest BCUT2D eigenvalue weighted by Gasteiger charge is 2.20. The SMILES string of the molecule is OC(Cc1cccc2ccccc12)CC1OCCO1. The maximum Gasteiger partial charge on any atom is 0.160 e. The lowest BCUT2D eigenvalue weighted by molar-refractivity contribution is -0.0697. The van der Waals surface area contributed by atoms with Crippen LogP contribution in [0.3, 0.4) is 0 Å². The molecule has 3 heteroatoms. The van der Waals surface area contributed by atoms with Crippen molar-refractivity contribution in [3.63, 3.8) is 0 Å². The van der Waals surface area contributed by atoms with Gasteiger partial charge in [0.15, 0.2) is 6.29 Å². The van der Waals surface area contributed by atoms with Gasteiger partial charge in [0.05, 0.1) is 19.3 Å². The molecule has 0 aromatic heterocycles. The van der Waals surface area contributed by atoms with E-state index >= 15 is 0 Å². The molecule has 0 amide bonds. The zero-order chi connectivity index (χ0) is 13.1. The number of benzene rings is 2. The molecule has 1 aliphatic heterocycles. The van der Waals surface area contributed by atoms with E-state index in [1.165, 1.54) is 16.3 Å². The average Bonchev–Trinajstić information content (AvgIpc) is 2.92. The van der Waals surface area contributed by atoms with Gasteiger partial charge < -0.3 is 14.6 Å². The summed E-state index contributed by atoms with van der Waals surface area (Å²) in [7, 11) is 0. The summed E-state index contributed by atoms with van der Waals surface area (Å²) >= 11 is 0. The molecule has 0 radical (unpaired) electrons. The van der Waals surface area contributed by atoms with Crippen LogP contribution in [0.5, 0.6) is 0 Å². The van der Waals surface area contributed by atoms with Crippen LogP contribution >= 0.6 is 0 Å². The lowest BCUT2D eigenvalue weighted by Crippen LogP contribution is -2.20. The van der Waals surface area contributed by atoms with Gasteiger partial charge in [-0.3, -0.25) is 0 Å². The van der Waals surface area contributed by atoms with Crippen molar-refractivity contribution in [2.24, 2.45) is 0 Å². The Morgan fingerprint density at radius 1 is 1.05 bits per heavy atom. The maximum absolute atomic E-state index is 10.2. The second kappa shape index (κ2) is 5.70. The maximum atomic E-state index is 10.2. The fourth-order valence-electron chi connectivity index (χ4n) is 2.57. The highest BCUT2D eigenvalue weighted by atomic mass is 16.7. The van der Waals surface area contributed by atoms with E-state index in [0.717, 1.165) is 0 Å². The van der Waals surface area contributed by atoms with E-state index in [-0.39, 0.29) is 6.29 Å². The molecule has 1 saturated heterocycles. The Labute approximate surface area is 112 Å². The zero-order valence-corrected chi connectivity index (χ0v) is 10.8. The lowest BCUT2D eigenvalue weighted by Gasteiger charge is -2.15. The topological polar surface area (TPSA) is 38.7 Å². The van der Waals surface area contributed by atoms with E-state index in [4.69, 9.17) is 9.47 Å². The summed E-state index contributed by atoms with van der Waals surface area (Å²) in [6.07, 6.45) is 0.479. The molecule has 1 aliphatic rings. The van der Waals surface area contributed by atoms with Gasteiger partial charge in [0, 0.05) is 6.42 Å². The number of aliphatic hydroxyl groups excluding tert-OH is 1. The summed E-state index contributed by atoms with van der Waals surface area (Å²) in [5.41, 5.74) is 1.17. The Balaban J connectivity index is 1.73. The van der Waals surface area contributed by atoms with Crippen molar-refractivity contribution in [1.29, 1.82) is 0 Å². The second-order valence-electron chi connectivity index (χ2n) is 4.90. The van der Waals surface area contributed by atoms with E-state index in [1.54, 1.807) is 0 Å². The number of fused-ring (bicyclic) bond motifs is 1. The summed E-state index contributed by atoms with van der Waals surface area (Å²) in [6.45, 7) is 1.26. The zero-order valence-electron chi connectivity index (χ0n) is 10.8. The molecule has 1 atom stereocenters. The molecular weight excluding hydrogens is 240 g/mol. The molecule has 1 heterocycles. The predicted molar refractivity (Wildman–Crippen MR) is 74.0 cm³/mol. The highest BCUT2D eigenvalue weighted by Crippen LogP contribution is 2.21. The minimum atomic E-state index is -0.436. The second-order valence-corrected chi connectivity index (χ2v) is 4.90. The predicted octanol–water partition coefficient (Wildman–Crippen LogP) is 2.51. The van der Waals surface area contributed by atoms with Gasteiger partial charge in [-0.15, -0.1) is 0 Å². The summed E-state index contributed by atoms with van der Waals surface area (Å²) in [5.74, 6) is 0. The summed E-state index contributed by atoms with van der Waals surface area (Å²) < 4.78 is 10.7. The van der Waals surface area contributed by atoms with Gasteiger partial charge in [-0.25, -0.2) is 0 Å². The van der Waals surface area contributed by atoms with Crippen molar-refractivity contribution in [2.45, 2.75) is 25.2 Å². The highest BCUT2D eigenvalue weighted by molar-refractivity contribution is 5.85. The normalized spacial score (nSPS) is 17.9. The lowest BCUT2D eigenvalue weighted by atomic mass is 9.99. The molecule has 2 aromatic rings. The van der Waals surface area contributed by atoms with E-state index in [9.17, 15) is 5.11 Å². The minimum absolute atomic E-state index is 0.245. The van der Waals surface area contributed by atoms with Crippen molar-refractivity contribution in [3.8, 4) is 0 Å². The van der Waals surface area contributed by atoms with Gasteiger partial charge in [0.25, 0.3) is 0 Å². The van der Waals surface area contributed by atoms with E-state index in [0.29, 0.717) is 26.1 Å². The van der Waals surface area contributed by atoms with Crippen molar-refractivity contribution < 1.29 is 14.6 Å². The molecule has 0 aliphatic carbocycles. The van der Waals surface area contributed by atoms with E-state index in [1.807, 2.05) is 18.2 Å². The Hall–Kier alpha value is -1.42. The van der Waals surface area contributed by atoms with Crippen LogP contribution in [-0.2, 0) is 15.9 Å². The molecule has 3 nitrogen and oxygen atoms in total. The number of aliphatic hydroxyl groups is 1. The third-order valence-corrected chi connectivity index (χ3v) is 3.49. The van der Waals surface area contributed by atoms with E-state index in [2.05, 4.69) is 24.3 Å². The first-order chi connectivity index (χ1) is 9.33. The molecule has 1 fully saturated rings. The molecule has 0 saturated carbocycles. The van der Waals surface area contributed by atoms with Gasteiger partial charge in [-0.1, -0.05) is 42.5 Å². The third-order valence-electron chi connectivity index (χ3n) is 3.49. The van der Waals surface area contributed by atoms with Crippen molar-refractivity contribution >= 4 is 10.8 Å². The van der Waals surface area contributed by atoms with Crippen LogP contribution in [0.25, 0.3) is 10.8 Å². The smallest absolute Gasteiger partial charge is 0.160 e. The summed E-state index contributed by atoms with van der Waals surface area (Å²) in [4.78, 5) is 0. The standard InChI is InChI=1S/C16H18O3/c17-14(11-16-18-8-9-19-16)10-13-6-3-5-12-4-1-2-7-15(12)13/h1-7,14,16-17H,8-11H2. The number of ether oxygens (including phenoxy) is 2. The summed E-state index contributed by atoms with van der Waals surface area (Å²) in [6, 6.07) is 14.4. The fraction of sp³-hybridized carbons (Fsp3) is 0.375. The van der Waals surface area contributed by atoms with Crippen LogP contribution in [0.1, 0.15) is 12.0 Å². The van der Waals surface area contributed by atoms with E-state index < -0.39 is 6.10 Å². The van der Waals surface area contributed by atoms with Crippen LogP contribution < -0.4 is 0 Å². The Bertz CT molecular complexity index is 541. The molecule has 1 N–H and O–H groups in total. The molecule has 1 unspecified atom stereocenters. The number of hydrogen-bond acceptors (Lipinski definition) is 3. The first-order valence-corrected chi connectivity index (χ1v) is 6.71. The molecule has 3 rings (SSSR count). The first kappa shape index (κ1) is 12.6. The molecule has 2 aromatic carbocycles. The van der Waals surface area contributed by atoms with Crippen LogP contribution in [-0.4, -0.2) is 30.7 Å². The number of rotatable bonds is 4. The van der Waals surface area contributed by atoms with Gasteiger partial charge in [0.1, 0.15) is 0 Å². The molecule has 19 heavy (non-hydrogen) atoms. The Morgan fingerprint density at radius 3 is 2.63 bits per heavy atom. The van der Waals surface area contributed by atoms with Gasteiger partial charge in [-0.2, -0.15) is 0 Å². The molecule has 100 valence electrons. The Kier molecular flexibility index (Phi) is 3.78. The van der Waals surface area contributed by atoms with Crippen molar-refractivity contribution in [3.05, 3.63) is 48.0 Å². The molecular formula is C16H18O3. The van der Waals surface area contributed by atoms with Crippen LogP contribution in [0.4, 0.5) is 0 Å². The monoisotopic (exact) mass is 258 g/mol. The number of hydrogen-bond donors (Lipinski definition) is 1. The van der Waals surface area contributed by atoms with Crippen LogP contribution in [0.2, 0.25) is 0 Å². The quantitative estimate of drug-likeness (QED) is 0.915. The minimum Gasteiger partial charge on any atom is -0.393 e. The van der Waals surface area contributed by atoms with Crippen molar-refractivity contribution in [2.75, 3.05) is 13.2 Å². The van der Waals surface area contributed by atoms with Crippen LogP contribution in [0.15, 0.2) is 42.5 Å². The average molecular weight is 258 g/mol. The third kappa shape index (κ3) is 2.95. The van der Waals surface area contributed by atoms with Crippen LogP contribution in [0, 0.1) is 0 Å².